The van der Waals surface area contributed by atoms with Crippen LogP contribution in [0.15, 0.2) is 36.4 Å². The third-order valence-corrected chi connectivity index (χ3v) is 3.92. The van der Waals surface area contributed by atoms with Gasteiger partial charge in [-0.1, -0.05) is 24.3 Å². The van der Waals surface area contributed by atoms with Crippen molar-refractivity contribution in [3.05, 3.63) is 42.0 Å². The molecule has 3 rings (SSSR count). The van der Waals surface area contributed by atoms with Crippen molar-refractivity contribution in [1.82, 2.24) is 4.90 Å². The van der Waals surface area contributed by atoms with E-state index in [1.165, 1.54) is 0 Å². The summed E-state index contributed by atoms with van der Waals surface area (Å²) in [5, 5.41) is 2.21. The van der Waals surface area contributed by atoms with Gasteiger partial charge >= 0.3 is 0 Å². The summed E-state index contributed by atoms with van der Waals surface area (Å²) in [6, 6.07) is 12.0. The van der Waals surface area contributed by atoms with Crippen LogP contribution in [0.25, 0.3) is 10.8 Å². The molecule has 4 heteroatoms. The van der Waals surface area contributed by atoms with Crippen molar-refractivity contribution < 1.29 is 9.53 Å². The Morgan fingerprint density at radius 3 is 2.71 bits per heavy atom. The minimum atomic E-state index is 0.0976. The molecule has 21 heavy (non-hydrogen) atoms. The van der Waals surface area contributed by atoms with Crippen molar-refractivity contribution in [1.29, 1.82) is 0 Å². The van der Waals surface area contributed by atoms with Gasteiger partial charge in [0.05, 0.1) is 12.4 Å². The molecule has 0 saturated heterocycles. The number of carbonyl (C=O) groups excluding carboxylic acids is 1. The van der Waals surface area contributed by atoms with Crippen LogP contribution in [0.1, 0.15) is 16.8 Å². The number of anilines is 1. The zero-order valence-corrected chi connectivity index (χ0v) is 12.5. The first-order chi connectivity index (χ1) is 10.2. The number of methoxy groups -OCH3 is 1. The lowest BCUT2D eigenvalue weighted by atomic mass is 10.1. The van der Waals surface area contributed by atoms with E-state index in [0.29, 0.717) is 6.67 Å². The highest BCUT2D eigenvalue weighted by Crippen LogP contribution is 2.36. The van der Waals surface area contributed by atoms with Gasteiger partial charge in [-0.2, -0.15) is 0 Å². The Labute approximate surface area is 124 Å². The van der Waals surface area contributed by atoms with E-state index in [9.17, 15) is 4.79 Å². The van der Waals surface area contributed by atoms with Crippen LogP contribution < -0.4 is 4.90 Å². The van der Waals surface area contributed by atoms with Crippen molar-refractivity contribution in [3.63, 3.8) is 0 Å². The van der Waals surface area contributed by atoms with Crippen molar-refractivity contribution in [2.24, 2.45) is 0 Å². The second kappa shape index (κ2) is 5.84. The molecule has 0 spiro atoms. The molecule has 4 nitrogen and oxygen atoms in total. The van der Waals surface area contributed by atoms with Gasteiger partial charge in [0.15, 0.2) is 0 Å². The van der Waals surface area contributed by atoms with Gasteiger partial charge in [0.1, 0.15) is 0 Å². The third-order valence-electron chi connectivity index (χ3n) is 3.92. The summed E-state index contributed by atoms with van der Waals surface area (Å²) < 4.78 is 5.07. The van der Waals surface area contributed by atoms with Crippen LogP contribution in [0, 0.1) is 0 Å². The maximum Gasteiger partial charge on any atom is 0.260 e. The van der Waals surface area contributed by atoms with E-state index in [4.69, 9.17) is 4.74 Å². The van der Waals surface area contributed by atoms with Crippen LogP contribution in [0.2, 0.25) is 0 Å². The smallest absolute Gasteiger partial charge is 0.260 e. The molecule has 2 aromatic rings. The Morgan fingerprint density at radius 2 is 1.95 bits per heavy atom. The summed E-state index contributed by atoms with van der Waals surface area (Å²) in [6.45, 7) is 2.26. The van der Waals surface area contributed by atoms with E-state index in [2.05, 4.69) is 17.0 Å². The van der Waals surface area contributed by atoms with Crippen LogP contribution in [0.4, 0.5) is 5.69 Å². The minimum absolute atomic E-state index is 0.0976. The maximum atomic E-state index is 12.6. The number of hydrogen-bond acceptors (Lipinski definition) is 3. The van der Waals surface area contributed by atoms with Gasteiger partial charge in [-0.3, -0.25) is 14.6 Å². The average Bonchev–Trinajstić information content (AvgIpc) is 2.76. The first-order valence-corrected chi connectivity index (χ1v) is 7.23. The molecule has 0 aromatic heterocycles. The van der Waals surface area contributed by atoms with Gasteiger partial charge in [0.25, 0.3) is 5.91 Å². The van der Waals surface area contributed by atoms with Crippen molar-refractivity contribution >= 4 is 22.4 Å². The topological polar surface area (TPSA) is 32.8 Å². The molecule has 110 valence electrons. The summed E-state index contributed by atoms with van der Waals surface area (Å²) >= 11 is 0. The lowest BCUT2D eigenvalue weighted by Crippen LogP contribution is -2.38. The quantitative estimate of drug-likeness (QED) is 0.765. The van der Waals surface area contributed by atoms with Gasteiger partial charge in [-0.15, -0.1) is 0 Å². The highest BCUT2D eigenvalue weighted by molar-refractivity contribution is 6.24. The van der Waals surface area contributed by atoms with Crippen molar-refractivity contribution in [2.75, 3.05) is 38.9 Å². The number of benzene rings is 2. The fourth-order valence-corrected chi connectivity index (χ4v) is 2.91. The number of carbonyl (C=O) groups is 1. The standard InChI is InChI=1S/C17H20N2O2/c1-18(10-5-11-21-2)12-19-15-9-4-7-13-6-3-8-14(16(13)15)17(19)20/h3-4,6-9H,5,10-12H2,1-2H3. The second-order valence-corrected chi connectivity index (χ2v) is 5.48. The van der Waals surface area contributed by atoms with Gasteiger partial charge < -0.3 is 4.74 Å². The summed E-state index contributed by atoms with van der Waals surface area (Å²) in [5.41, 5.74) is 1.83. The predicted octanol–water partition coefficient (Wildman–Crippen LogP) is 2.73. The molecule has 0 radical (unpaired) electrons. The Hall–Kier alpha value is -1.91. The normalized spacial score (nSPS) is 13.7. The highest BCUT2D eigenvalue weighted by atomic mass is 16.5. The third kappa shape index (κ3) is 2.52. The summed E-state index contributed by atoms with van der Waals surface area (Å²) in [7, 11) is 3.74. The fraction of sp³-hybridized carbons (Fsp3) is 0.353. The largest absolute Gasteiger partial charge is 0.385 e. The van der Waals surface area contributed by atoms with E-state index >= 15 is 0 Å². The molecule has 0 saturated carbocycles. The first kappa shape index (κ1) is 14.0. The van der Waals surface area contributed by atoms with E-state index < -0.39 is 0 Å². The Bertz CT molecular complexity index is 664. The molecule has 1 aliphatic rings. The average molecular weight is 284 g/mol. The molecule has 0 aliphatic carbocycles. The molecular weight excluding hydrogens is 264 g/mol. The Kier molecular flexibility index (Phi) is 3.90. The number of ether oxygens (including phenoxy) is 1. The zero-order valence-electron chi connectivity index (χ0n) is 12.5. The summed E-state index contributed by atoms with van der Waals surface area (Å²) in [6.07, 6.45) is 0.964. The molecule has 1 heterocycles. The molecule has 2 aromatic carbocycles. The number of hydrogen-bond donors (Lipinski definition) is 0. The summed E-state index contributed by atoms with van der Waals surface area (Å²) in [4.78, 5) is 16.6. The van der Waals surface area contributed by atoms with Crippen LogP contribution in [0.5, 0.6) is 0 Å². The predicted molar refractivity (Wildman–Crippen MR) is 84.7 cm³/mol. The van der Waals surface area contributed by atoms with Crippen LogP contribution in [-0.4, -0.2) is 44.8 Å². The molecule has 0 atom stereocenters. The van der Waals surface area contributed by atoms with Gasteiger partial charge in [-0.05, 0) is 31.0 Å². The molecule has 1 amide bonds. The van der Waals surface area contributed by atoms with E-state index in [0.717, 1.165) is 41.6 Å². The van der Waals surface area contributed by atoms with E-state index in [-0.39, 0.29) is 5.91 Å². The van der Waals surface area contributed by atoms with Gasteiger partial charge in [-0.25, -0.2) is 0 Å². The molecule has 0 fully saturated rings. The Morgan fingerprint density at radius 1 is 1.19 bits per heavy atom. The van der Waals surface area contributed by atoms with Crippen molar-refractivity contribution in [2.45, 2.75) is 6.42 Å². The number of rotatable bonds is 6. The van der Waals surface area contributed by atoms with E-state index in [1.807, 2.05) is 36.2 Å². The molecule has 0 bridgehead atoms. The van der Waals surface area contributed by atoms with Crippen LogP contribution >= 0.6 is 0 Å². The monoisotopic (exact) mass is 284 g/mol. The van der Waals surface area contributed by atoms with Gasteiger partial charge in [0, 0.05) is 31.2 Å². The first-order valence-electron chi connectivity index (χ1n) is 7.23. The fourth-order valence-electron chi connectivity index (χ4n) is 2.91. The van der Waals surface area contributed by atoms with E-state index in [1.54, 1.807) is 7.11 Å². The molecular formula is C17H20N2O2. The van der Waals surface area contributed by atoms with Crippen LogP contribution in [-0.2, 0) is 4.74 Å². The minimum Gasteiger partial charge on any atom is -0.385 e. The maximum absolute atomic E-state index is 12.6. The molecule has 0 unspecified atom stereocenters. The highest BCUT2D eigenvalue weighted by Gasteiger charge is 2.29. The lowest BCUT2D eigenvalue weighted by Gasteiger charge is -2.25. The Balaban J connectivity index is 1.83. The second-order valence-electron chi connectivity index (χ2n) is 5.48. The van der Waals surface area contributed by atoms with Crippen molar-refractivity contribution in [3.8, 4) is 0 Å². The zero-order chi connectivity index (χ0) is 14.8. The van der Waals surface area contributed by atoms with Gasteiger partial charge in [0.2, 0.25) is 0 Å². The van der Waals surface area contributed by atoms with Crippen LogP contribution in [0.3, 0.4) is 0 Å². The summed E-state index contributed by atoms with van der Waals surface area (Å²) in [5.74, 6) is 0.0976. The molecule has 0 N–H and O–H groups in total. The lowest BCUT2D eigenvalue weighted by molar-refractivity contribution is 0.0976. The molecule has 1 aliphatic heterocycles. The number of amides is 1. The SMILES string of the molecule is COCCCN(C)CN1C(=O)c2cccc3cccc1c23. The number of nitrogens with zero attached hydrogens (tertiary/aromatic N) is 2.